The molecular weight excluding hydrogens is 459 g/mol. The first-order valence-electron chi connectivity index (χ1n) is 10.6. The number of phenolic OH excluding ortho intramolecular Hbond substituents is 1. The summed E-state index contributed by atoms with van der Waals surface area (Å²) in [6.45, 7) is 0. The number of hydrogen-bond donors (Lipinski definition) is 3. The maximum atomic E-state index is 13.6. The minimum Gasteiger partial charge on any atom is -0.503 e. The highest BCUT2D eigenvalue weighted by Gasteiger charge is 2.36. The van der Waals surface area contributed by atoms with Gasteiger partial charge in [-0.3, -0.25) is 4.79 Å². The lowest BCUT2D eigenvalue weighted by Crippen LogP contribution is -2.26. The second-order valence-corrected chi connectivity index (χ2v) is 9.12. The van der Waals surface area contributed by atoms with Crippen LogP contribution in [0, 0.1) is 0 Å². The first kappa shape index (κ1) is 21.7. The van der Waals surface area contributed by atoms with Crippen molar-refractivity contribution in [1.29, 1.82) is 0 Å². The molecule has 0 aromatic heterocycles. The van der Waals surface area contributed by atoms with Crippen molar-refractivity contribution in [3.05, 3.63) is 93.1 Å². The van der Waals surface area contributed by atoms with Crippen LogP contribution in [0.1, 0.15) is 35.9 Å². The zero-order valence-corrected chi connectivity index (χ0v) is 19.4. The van der Waals surface area contributed by atoms with Crippen molar-refractivity contribution >= 4 is 40.4 Å². The first-order chi connectivity index (χ1) is 15.9. The zero-order valence-electron chi connectivity index (χ0n) is 17.9. The van der Waals surface area contributed by atoms with Crippen LogP contribution in [-0.2, 0) is 4.79 Å². The number of hydrogen-bond acceptors (Lipinski definition) is 5. The van der Waals surface area contributed by atoms with Crippen LogP contribution in [0.2, 0.25) is 10.0 Å². The van der Waals surface area contributed by atoms with Gasteiger partial charge in [-0.1, -0.05) is 47.5 Å². The van der Waals surface area contributed by atoms with Crippen LogP contribution in [0.5, 0.6) is 11.5 Å². The highest BCUT2D eigenvalue weighted by molar-refractivity contribution is 6.32. The summed E-state index contributed by atoms with van der Waals surface area (Å²) in [7, 11) is 1.47. The van der Waals surface area contributed by atoms with Crippen molar-refractivity contribution in [2.24, 2.45) is 0 Å². The van der Waals surface area contributed by atoms with Crippen LogP contribution in [0.3, 0.4) is 0 Å². The molecule has 33 heavy (non-hydrogen) atoms. The second kappa shape index (κ2) is 8.65. The highest BCUT2D eigenvalue weighted by Crippen LogP contribution is 2.46. The van der Waals surface area contributed by atoms with E-state index < -0.39 is 6.04 Å². The molecule has 168 valence electrons. The summed E-state index contributed by atoms with van der Waals surface area (Å²) in [6.07, 6.45) is 1.07. The van der Waals surface area contributed by atoms with E-state index in [1.54, 1.807) is 12.1 Å². The summed E-state index contributed by atoms with van der Waals surface area (Å²) in [4.78, 5) is 13.6. The van der Waals surface area contributed by atoms with Crippen molar-refractivity contribution < 1.29 is 14.6 Å². The summed E-state index contributed by atoms with van der Waals surface area (Å²) in [5.74, 6) is 0.235. The van der Waals surface area contributed by atoms with Crippen molar-refractivity contribution in [3.8, 4) is 11.5 Å². The lowest BCUT2D eigenvalue weighted by molar-refractivity contribution is -0.116. The minimum absolute atomic E-state index is 0.0462. The van der Waals surface area contributed by atoms with E-state index in [0.717, 1.165) is 28.2 Å². The highest BCUT2D eigenvalue weighted by atomic mass is 35.5. The van der Waals surface area contributed by atoms with Gasteiger partial charge in [-0.25, -0.2) is 0 Å². The van der Waals surface area contributed by atoms with Crippen LogP contribution in [0.4, 0.5) is 11.4 Å². The van der Waals surface area contributed by atoms with Crippen molar-refractivity contribution in [3.63, 3.8) is 0 Å². The molecule has 0 radical (unpaired) electrons. The molecule has 0 bridgehead atoms. The molecule has 1 aliphatic carbocycles. The Kier molecular flexibility index (Phi) is 5.69. The van der Waals surface area contributed by atoms with Gasteiger partial charge < -0.3 is 20.5 Å². The van der Waals surface area contributed by atoms with Gasteiger partial charge in [0.05, 0.1) is 29.5 Å². The third-order valence-corrected chi connectivity index (χ3v) is 6.79. The summed E-state index contributed by atoms with van der Waals surface area (Å²) in [5, 5.41) is 18.1. The number of carbonyl (C=O) groups excluding carboxylic acids is 1. The number of anilines is 2. The van der Waals surface area contributed by atoms with Gasteiger partial charge in [0.25, 0.3) is 0 Å². The Hall–Kier alpha value is -3.15. The number of nitrogens with one attached hydrogen (secondary N) is 2. The van der Waals surface area contributed by atoms with E-state index in [1.807, 2.05) is 48.5 Å². The number of ketones is 1. The van der Waals surface area contributed by atoms with Crippen LogP contribution in [0.15, 0.2) is 71.9 Å². The van der Waals surface area contributed by atoms with E-state index >= 15 is 0 Å². The molecule has 1 heterocycles. The molecule has 0 saturated heterocycles. The lowest BCUT2D eigenvalue weighted by atomic mass is 9.78. The maximum Gasteiger partial charge on any atom is 0.176 e. The van der Waals surface area contributed by atoms with Gasteiger partial charge in [-0.05, 0) is 59.9 Å². The van der Waals surface area contributed by atoms with Crippen LogP contribution in [-0.4, -0.2) is 18.0 Å². The first-order valence-corrected chi connectivity index (χ1v) is 11.4. The van der Waals surface area contributed by atoms with Crippen LogP contribution in [0.25, 0.3) is 0 Å². The molecule has 0 amide bonds. The number of rotatable bonds is 3. The molecule has 3 aromatic carbocycles. The van der Waals surface area contributed by atoms with Gasteiger partial charge in [0.15, 0.2) is 17.3 Å². The Morgan fingerprint density at radius 2 is 1.70 bits per heavy atom. The van der Waals surface area contributed by atoms with E-state index in [2.05, 4.69) is 10.6 Å². The number of benzene rings is 3. The number of fused-ring (bicyclic) bond motifs is 1. The average molecular weight is 481 g/mol. The van der Waals surface area contributed by atoms with Gasteiger partial charge in [-0.2, -0.15) is 0 Å². The van der Waals surface area contributed by atoms with E-state index in [1.165, 1.54) is 7.11 Å². The second-order valence-electron chi connectivity index (χ2n) is 8.27. The van der Waals surface area contributed by atoms with Crippen LogP contribution >= 0.6 is 23.2 Å². The van der Waals surface area contributed by atoms with Gasteiger partial charge in [0.2, 0.25) is 0 Å². The monoisotopic (exact) mass is 480 g/mol. The molecule has 0 spiro atoms. The Bertz CT molecular complexity index is 1270. The van der Waals surface area contributed by atoms with Gasteiger partial charge in [0.1, 0.15) is 0 Å². The number of carbonyl (C=O) groups is 1. The smallest absolute Gasteiger partial charge is 0.176 e. The number of phenols is 1. The zero-order chi connectivity index (χ0) is 23.1. The van der Waals surface area contributed by atoms with Crippen molar-refractivity contribution in [2.75, 3.05) is 17.7 Å². The molecule has 3 aromatic rings. The number of Topliss-reactive ketones (excluding diaryl/α,β-unsaturated/α-hetero) is 1. The van der Waals surface area contributed by atoms with Crippen LogP contribution < -0.4 is 15.4 Å². The third kappa shape index (κ3) is 4.03. The largest absolute Gasteiger partial charge is 0.503 e. The van der Waals surface area contributed by atoms with Gasteiger partial charge in [-0.15, -0.1) is 0 Å². The summed E-state index contributed by atoms with van der Waals surface area (Å²) in [6, 6.07) is 18.5. The van der Waals surface area contributed by atoms with E-state index in [0.29, 0.717) is 23.4 Å². The fourth-order valence-corrected chi connectivity index (χ4v) is 4.97. The SMILES string of the molecule is COc1cc(C2Nc3ccccc3NC3=C2C(=O)CC(c2ccc(Cl)cc2)C3)cc(Cl)c1O. The maximum absolute atomic E-state index is 13.6. The summed E-state index contributed by atoms with van der Waals surface area (Å²) >= 11 is 12.4. The molecule has 1 aliphatic heterocycles. The van der Waals surface area contributed by atoms with Gasteiger partial charge >= 0.3 is 0 Å². The Morgan fingerprint density at radius 3 is 2.42 bits per heavy atom. The Morgan fingerprint density at radius 1 is 0.970 bits per heavy atom. The lowest BCUT2D eigenvalue weighted by Gasteiger charge is -2.30. The predicted octanol–water partition coefficient (Wildman–Crippen LogP) is 6.69. The number of methoxy groups -OCH3 is 1. The molecule has 2 aliphatic rings. The average Bonchev–Trinajstić information content (AvgIpc) is 2.98. The topological polar surface area (TPSA) is 70.6 Å². The van der Waals surface area contributed by atoms with Crippen molar-refractivity contribution in [1.82, 2.24) is 0 Å². The Labute approximate surface area is 202 Å². The number of aromatic hydroxyl groups is 1. The molecule has 2 unspecified atom stereocenters. The minimum atomic E-state index is -0.457. The predicted molar refractivity (Wildman–Crippen MR) is 132 cm³/mol. The van der Waals surface area contributed by atoms with E-state index in [9.17, 15) is 9.90 Å². The van der Waals surface area contributed by atoms with E-state index in [4.69, 9.17) is 27.9 Å². The number of halogens is 2. The molecule has 2 atom stereocenters. The summed E-state index contributed by atoms with van der Waals surface area (Å²) in [5.41, 5.74) is 5.12. The summed E-state index contributed by atoms with van der Waals surface area (Å²) < 4.78 is 5.32. The fourth-order valence-electron chi connectivity index (χ4n) is 4.63. The quantitative estimate of drug-likeness (QED) is 0.389. The Balaban J connectivity index is 1.63. The fraction of sp³-hybridized carbons (Fsp3) is 0.192. The van der Waals surface area contributed by atoms with Gasteiger partial charge in [0, 0.05) is 22.7 Å². The molecule has 0 fully saturated rings. The van der Waals surface area contributed by atoms with E-state index in [-0.39, 0.29) is 28.2 Å². The molecular formula is C26H22Cl2N2O3. The number of para-hydroxylation sites is 2. The molecule has 0 saturated carbocycles. The number of allylic oxidation sites excluding steroid dienone is 1. The van der Waals surface area contributed by atoms with Crippen molar-refractivity contribution in [2.45, 2.75) is 24.8 Å². The third-order valence-electron chi connectivity index (χ3n) is 6.25. The number of ether oxygens (including phenoxy) is 1. The standard InChI is InChI=1S/C26H22Cl2N2O3/c1-33-23-13-16(10-18(28)26(23)32)25-24-21(29-19-4-2-3-5-20(19)30-25)11-15(12-22(24)31)14-6-8-17(27)9-7-14/h2-10,13,15,25,29-30,32H,11-12H2,1H3. The molecule has 3 N–H and O–H groups in total. The molecule has 5 rings (SSSR count). The molecule has 5 nitrogen and oxygen atoms in total. The molecule has 7 heteroatoms. The normalized spacial score (nSPS) is 19.7.